The second-order valence-electron chi connectivity index (χ2n) is 8.00. The molecule has 0 bridgehead atoms. The van der Waals surface area contributed by atoms with Gasteiger partial charge in [-0.05, 0) is 57.4 Å². The van der Waals surface area contributed by atoms with E-state index in [0.717, 1.165) is 0 Å². The summed E-state index contributed by atoms with van der Waals surface area (Å²) < 4.78 is 0. The van der Waals surface area contributed by atoms with Crippen LogP contribution in [0.3, 0.4) is 0 Å². The minimum absolute atomic E-state index is 0.346. The highest BCUT2D eigenvalue weighted by atomic mass is 15.2. The first-order valence-corrected chi connectivity index (χ1v) is 6.75. The fourth-order valence-corrected chi connectivity index (χ4v) is 2.57. The maximum Gasteiger partial charge on any atom is 0.0150 e. The van der Waals surface area contributed by atoms with Gasteiger partial charge in [0.2, 0.25) is 0 Å². The Hall–Kier alpha value is -0.0400. The van der Waals surface area contributed by atoms with E-state index in [2.05, 4.69) is 53.5 Å². The van der Waals surface area contributed by atoms with Crippen molar-refractivity contribution >= 4 is 0 Å². The minimum Gasteiger partial charge on any atom is -0.301 e. The molecule has 1 rings (SSSR count). The molecule has 1 fully saturated rings. The largest absolute Gasteiger partial charge is 0.301 e. The average Bonchev–Trinajstić information content (AvgIpc) is 2.13. The van der Waals surface area contributed by atoms with Crippen LogP contribution in [0.15, 0.2) is 0 Å². The average molecular weight is 225 g/mol. The van der Waals surface area contributed by atoms with E-state index in [1.165, 1.54) is 32.2 Å². The summed E-state index contributed by atoms with van der Waals surface area (Å²) in [4.78, 5) is 2.56. The molecule has 1 aliphatic heterocycles. The van der Waals surface area contributed by atoms with Crippen LogP contribution < -0.4 is 0 Å². The molecule has 0 atom stereocenters. The Morgan fingerprint density at radius 2 is 1.12 bits per heavy atom. The Morgan fingerprint density at radius 1 is 0.688 bits per heavy atom. The Labute approximate surface area is 103 Å². The predicted molar refractivity (Wildman–Crippen MR) is 72.7 cm³/mol. The van der Waals surface area contributed by atoms with Gasteiger partial charge < -0.3 is 4.90 Å². The van der Waals surface area contributed by atoms with E-state index in [1.54, 1.807) is 0 Å². The molecule has 0 N–H and O–H groups in total. The van der Waals surface area contributed by atoms with Crippen LogP contribution in [-0.4, -0.2) is 24.0 Å². The van der Waals surface area contributed by atoms with Crippen molar-refractivity contribution in [3.8, 4) is 0 Å². The van der Waals surface area contributed by atoms with E-state index in [4.69, 9.17) is 0 Å². The van der Waals surface area contributed by atoms with Crippen LogP contribution in [-0.2, 0) is 0 Å². The molecule has 96 valence electrons. The van der Waals surface area contributed by atoms with E-state index in [0.29, 0.717) is 16.4 Å². The van der Waals surface area contributed by atoms with Gasteiger partial charge in [0.25, 0.3) is 0 Å². The van der Waals surface area contributed by atoms with Crippen LogP contribution in [0.5, 0.6) is 0 Å². The molecular formula is C15H31N. The minimum atomic E-state index is 0.346. The molecule has 0 unspecified atom stereocenters. The zero-order valence-corrected chi connectivity index (χ0v) is 12.5. The standard InChI is InChI=1S/C15H31N/c1-13(2)8-9-14(3,4)12-16(7)15(5,6)11-10-13/h8-12H2,1-7H3. The molecule has 0 saturated carbocycles. The van der Waals surface area contributed by atoms with Gasteiger partial charge in [-0.15, -0.1) is 0 Å². The molecule has 0 aliphatic carbocycles. The van der Waals surface area contributed by atoms with E-state index in [1.807, 2.05) is 0 Å². The molecule has 1 nitrogen and oxygen atoms in total. The number of nitrogens with zero attached hydrogens (tertiary/aromatic N) is 1. The second kappa shape index (κ2) is 4.33. The highest BCUT2D eigenvalue weighted by molar-refractivity contribution is 4.88. The van der Waals surface area contributed by atoms with Gasteiger partial charge in [-0.1, -0.05) is 27.7 Å². The molecule has 0 amide bonds. The number of hydrogen-bond acceptors (Lipinski definition) is 1. The Bertz CT molecular complexity index is 238. The van der Waals surface area contributed by atoms with Crippen molar-refractivity contribution in [3.05, 3.63) is 0 Å². The van der Waals surface area contributed by atoms with Crippen LogP contribution in [0.1, 0.15) is 67.2 Å². The SMILES string of the molecule is CN1CC(C)(C)CCC(C)(C)CCC1(C)C. The zero-order valence-electron chi connectivity index (χ0n) is 12.5. The summed E-state index contributed by atoms with van der Waals surface area (Å²) in [5.74, 6) is 0. The van der Waals surface area contributed by atoms with Crippen LogP contribution in [0, 0.1) is 10.8 Å². The summed E-state index contributed by atoms with van der Waals surface area (Å²) >= 11 is 0. The molecule has 1 aliphatic rings. The molecule has 1 saturated heterocycles. The lowest BCUT2D eigenvalue weighted by Crippen LogP contribution is -2.45. The fraction of sp³-hybridized carbons (Fsp3) is 1.00. The normalized spacial score (nSPS) is 30.2. The lowest BCUT2D eigenvalue weighted by Gasteiger charge is -2.40. The van der Waals surface area contributed by atoms with Crippen molar-refractivity contribution in [1.82, 2.24) is 4.90 Å². The van der Waals surface area contributed by atoms with Crippen molar-refractivity contribution in [3.63, 3.8) is 0 Å². The van der Waals surface area contributed by atoms with Gasteiger partial charge in [-0.3, -0.25) is 0 Å². The molecule has 0 aromatic carbocycles. The fourth-order valence-electron chi connectivity index (χ4n) is 2.57. The van der Waals surface area contributed by atoms with Gasteiger partial charge in [0, 0.05) is 12.1 Å². The Balaban J connectivity index is 2.87. The Morgan fingerprint density at radius 3 is 1.69 bits per heavy atom. The first-order chi connectivity index (χ1) is 7.04. The second-order valence-corrected chi connectivity index (χ2v) is 8.00. The lowest BCUT2D eigenvalue weighted by molar-refractivity contribution is 0.0951. The predicted octanol–water partition coefficient (Wildman–Crippen LogP) is 4.32. The van der Waals surface area contributed by atoms with E-state index < -0.39 is 0 Å². The van der Waals surface area contributed by atoms with Crippen molar-refractivity contribution in [2.24, 2.45) is 10.8 Å². The van der Waals surface area contributed by atoms with E-state index >= 15 is 0 Å². The summed E-state index contributed by atoms with van der Waals surface area (Å²) in [7, 11) is 2.29. The molecule has 0 spiro atoms. The quantitative estimate of drug-likeness (QED) is 0.593. The first kappa shape index (κ1) is 14.0. The third-order valence-electron chi connectivity index (χ3n) is 4.59. The maximum atomic E-state index is 2.56. The van der Waals surface area contributed by atoms with Crippen molar-refractivity contribution < 1.29 is 0 Å². The van der Waals surface area contributed by atoms with Gasteiger partial charge in [0.1, 0.15) is 0 Å². The van der Waals surface area contributed by atoms with Gasteiger partial charge >= 0.3 is 0 Å². The topological polar surface area (TPSA) is 3.24 Å². The smallest absolute Gasteiger partial charge is 0.0150 e. The van der Waals surface area contributed by atoms with Gasteiger partial charge in [0.15, 0.2) is 0 Å². The van der Waals surface area contributed by atoms with Crippen LogP contribution >= 0.6 is 0 Å². The Kier molecular flexibility index (Phi) is 3.79. The first-order valence-electron chi connectivity index (χ1n) is 6.75. The van der Waals surface area contributed by atoms with E-state index in [-0.39, 0.29) is 0 Å². The molecule has 0 aromatic heterocycles. The highest BCUT2D eigenvalue weighted by Crippen LogP contribution is 2.39. The summed E-state index contributed by atoms with van der Waals surface area (Å²) in [6.45, 7) is 15.7. The lowest BCUT2D eigenvalue weighted by atomic mass is 9.77. The van der Waals surface area contributed by atoms with Crippen LogP contribution in [0.25, 0.3) is 0 Å². The highest BCUT2D eigenvalue weighted by Gasteiger charge is 2.34. The molecule has 1 heterocycles. The summed E-state index contributed by atoms with van der Waals surface area (Å²) in [5, 5.41) is 0. The van der Waals surface area contributed by atoms with E-state index in [9.17, 15) is 0 Å². The van der Waals surface area contributed by atoms with Gasteiger partial charge in [-0.2, -0.15) is 0 Å². The summed E-state index contributed by atoms with van der Waals surface area (Å²) in [6.07, 6.45) is 5.37. The molecule has 0 aromatic rings. The third-order valence-corrected chi connectivity index (χ3v) is 4.59. The monoisotopic (exact) mass is 225 g/mol. The molecule has 1 heteroatoms. The summed E-state index contributed by atoms with van der Waals surface area (Å²) in [5.41, 5.74) is 1.31. The zero-order chi connectivity index (χ0) is 12.6. The number of rotatable bonds is 0. The molecule has 0 radical (unpaired) electrons. The maximum absolute atomic E-state index is 2.56. The van der Waals surface area contributed by atoms with Crippen LogP contribution in [0.2, 0.25) is 0 Å². The van der Waals surface area contributed by atoms with Gasteiger partial charge in [-0.25, -0.2) is 0 Å². The molecule has 16 heavy (non-hydrogen) atoms. The molecular weight excluding hydrogens is 194 g/mol. The van der Waals surface area contributed by atoms with Crippen molar-refractivity contribution in [2.75, 3.05) is 13.6 Å². The third kappa shape index (κ3) is 3.76. The number of hydrogen-bond donors (Lipinski definition) is 0. The van der Waals surface area contributed by atoms with Crippen molar-refractivity contribution in [2.45, 2.75) is 72.8 Å². The van der Waals surface area contributed by atoms with Crippen LogP contribution in [0.4, 0.5) is 0 Å². The summed E-state index contributed by atoms with van der Waals surface area (Å²) in [6, 6.07) is 0. The van der Waals surface area contributed by atoms with Gasteiger partial charge in [0.05, 0.1) is 0 Å². The van der Waals surface area contributed by atoms with Crippen molar-refractivity contribution in [1.29, 1.82) is 0 Å².